The average Bonchev–Trinajstić information content (AvgIpc) is 2.69. The van der Waals surface area contributed by atoms with E-state index in [1.165, 1.54) is 6.92 Å². The van der Waals surface area contributed by atoms with Crippen LogP contribution in [-0.4, -0.2) is 16.8 Å². The van der Waals surface area contributed by atoms with Gasteiger partial charge in [0.15, 0.2) is 0 Å². The first-order chi connectivity index (χ1) is 9.96. The van der Waals surface area contributed by atoms with Crippen LogP contribution in [0.3, 0.4) is 0 Å². The normalized spacial score (nSPS) is 20.5. The molecule has 0 fully saturated rings. The van der Waals surface area contributed by atoms with Crippen LogP contribution in [0.2, 0.25) is 0 Å². The van der Waals surface area contributed by atoms with E-state index >= 15 is 0 Å². The lowest BCUT2D eigenvalue weighted by molar-refractivity contribution is -0.120. The molecule has 5 heteroatoms. The summed E-state index contributed by atoms with van der Waals surface area (Å²) >= 11 is 3.31. The predicted molar refractivity (Wildman–Crippen MR) is 82.0 cm³/mol. The number of rotatable bonds is 1. The third-order valence-corrected chi connectivity index (χ3v) is 4.12. The summed E-state index contributed by atoms with van der Waals surface area (Å²) in [5, 5.41) is 11.0. The van der Waals surface area contributed by atoms with Crippen LogP contribution in [0.1, 0.15) is 22.8 Å². The number of hydrogen-bond acceptors (Lipinski definition) is 3. The highest BCUT2D eigenvalue weighted by Gasteiger charge is 2.53. The molecule has 1 amide bonds. The quantitative estimate of drug-likeness (QED) is 0.864. The van der Waals surface area contributed by atoms with Gasteiger partial charge >= 0.3 is 0 Å². The first-order valence-corrected chi connectivity index (χ1v) is 7.18. The Morgan fingerprint density at radius 1 is 1.14 bits per heavy atom. The van der Waals surface area contributed by atoms with E-state index in [0.29, 0.717) is 16.8 Å². The number of halogens is 1. The highest BCUT2D eigenvalue weighted by molar-refractivity contribution is 9.10. The number of hydrogen-bond donors (Lipinski definition) is 1. The zero-order valence-corrected chi connectivity index (χ0v) is 12.8. The van der Waals surface area contributed by atoms with Gasteiger partial charge < -0.3 is 5.11 Å². The zero-order valence-electron chi connectivity index (χ0n) is 11.2. The van der Waals surface area contributed by atoms with Crippen molar-refractivity contribution in [2.75, 3.05) is 4.90 Å². The highest BCUT2D eigenvalue weighted by Crippen LogP contribution is 2.43. The lowest BCUT2D eigenvalue weighted by Gasteiger charge is -2.32. The number of anilines is 1. The molecule has 0 aliphatic carbocycles. The molecule has 2 aromatic rings. The maximum atomic E-state index is 12.7. The first-order valence-electron chi connectivity index (χ1n) is 6.39. The minimum absolute atomic E-state index is 0.345. The third-order valence-electron chi connectivity index (χ3n) is 3.59. The van der Waals surface area contributed by atoms with E-state index in [0.717, 1.165) is 9.37 Å². The SMILES string of the molecule is CC(=O)N1c2ccccc2C(=O)C1(O)c1ccc(Br)cc1. The summed E-state index contributed by atoms with van der Waals surface area (Å²) in [5.41, 5.74) is -0.850. The summed E-state index contributed by atoms with van der Waals surface area (Å²) in [6.45, 7) is 1.33. The Labute approximate surface area is 130 Å². The minimum Gasteiger partial charge on any atom is -0.360 e. The average molecular weight is 346 g/mol. The van der Waals surface area contributed by atoms with E-state index < -0.39 is 17.4 Å². The predicted octanol–water partition coefficient (Wildman–Crippen LogP) is 2.84. The monoisotopic (exact) mass is 345 g/mol. The molecule has 21 heavy (non-hydrogen) atoms. The number of carbonyl (C=O) groups excluding carboxylic acids is 2. The molecule has 1 heterocycles. The van der Waals surface area contributed by atoms with Crippen LogP contribution in [0.5, 0.6) is 0 Å². The fourth-order valence-electron chi connectivity index (χ4n) is 2.66. The summed E-state index contributed by atoms with van der Waals surface area (Å²) in [5.74, 6) is -0.880. The Balaban J connectivity index is 2.24. The summed E-state index contributed by atoms with van der Waals surface area (Å²) in [4.78, 5) is 25.8. The molecule has 106 valence electrons. The first kappa shape index (κ1) is 14.0. The fraction of sp³-hybridized carbons (Fsp3) is 0.125. The van der Waals surface area contributed by atoms with Crippen molar-refractivity contribution in [3.8, 4) is 0 Å². The summed E-state index contributed by atoms with van der Waals surface area (Å²) < 4.78 is 0.826. The Hall–Kier alpha value is -1.98. The number of Topliss-reactive ketones (excluding diaryl/α,β-unsaturated/α-hetero) is 1. The van der Waals surface area contributed by atoms with Gasteiger partial charge in [0.25, 0.3) is 0 Å². The molecule has 1 aliphatic rings. The molecule has 0 bridgehead atoms. The van der Waals surface area contributed by atoms with Gasteiger partial charge in [0.1, 0.15) is 0 Å². The smallest absolute Gasteiger partial charge is 0.236 e. The van der Waals surface area contributed by atoms with Crippen molar-refractivity contribution in [2.45, 2.75) is 12.6 Å². The van der Waals surface area contributed by atoms with Crippen LogP contribution in [0.4, 0.5) is 5.69 Å². The number of benzene rings is 2. The van der Waals surface area contributed by atoms with Crippen molar-refractivity contribution in [1.82, 2.24) is 0 Å². The molecule has 3 rings (SSSR count). The van der Waals surface area contributed by atoms with Gasteiger partial charge in [-0.2, -0.15) is 0 Å². The molecule has 2 aromatic carbocycles. The van der Waals surface area contributed by atoms with Crippen LogP contribution in [0.15, 0.2) is 53.0 Å². The Bertz CT molecular complexity index is 741. The largest absolute Gasteiger partial charge is 0.360 e. The lowest BCUT2D eigenvalue weighted by Crippen LogP contribution is -2.50. The van der Waals surface area contributed by atoms with E-state index in [1.54, 1.807) is 48.5 Å². The molecule has 0 saturated heterocycles. The minimum atomic E-state index is -1.99. The van der Waals surface area contributed by atoms with Crippen molar-refractivity contribution in [1.29, 1.82) is 0 Å². The van der Waals surface area contributed by atoms with Gasteiger partial charge in [0.05, 0.1) is 5.69 Å². The van der Waals surface area contributed by atoms with E-state index in [2.05, 4.69) is 15.9 Å². The van der Waals surface area contributed by atoms with Gasteiger partial charge in [-0.25, -0.2) is 0 Å². The maximum Gasteiger partial charge on any atom is 0.236 e. The van der Waals surface area contributed by atoms with Crippen molar-refractivity contribution in [3.63, 3.8) is 0 Å². The van der Waals surface area contributed by atoms with E-state index in [-0.39, 0.29) is 0 Å². The molecule has 0 aromatic heterocycles. The van der Waals surface area contributed by atoms with Gasteiger partial charge in [-0.15, -0.1) is 0 Å². The summed E-state index contributed by atoms with van der Waals surface area (Å²) in [6, 6.07) is 13.4. The maximum absolute atomic E-state index is 12.7. The van der Waals surface area contributed by atoms with E-state index in [4.69, 9.17) is 0 Å². The molecule has 0 radical (unpaired) electrons. The number of nitrogens with zero attached hydrogens (tertiary/aromatic N) is 1. The fourth-order valence-corrected chi connectivity index (χ4v) is 2.93. The molecule has 1 unspecified atom stereocenters. The second kappa shape index (κ2) is 4.79. The lowest BCUT2D eigenvalue weighted by atomic mass is 9.97. The van der Waals surface area contributed by atoms with Crippen molar-refractivity contribution in [3.05, 3.63) is 64.1 Å². The van der Waals surface area contributed by atoms with Crippen LogP contribution in [0.25, 0.3) is 0 Å². The molecule has 1 atom stereocenters. The Morgan fingerprint density at radius 3 is 2.38 bits per heavy atom. The summed E-state index contributed by atoms with van der Waals surface area (Å²) in [6.07, 6.45) is 0. The topological polar surface area (TPSA) is 57.6 Å². The van der Waals surface area contributed by atoms with Gasteiger partial charge in [-0.1, -0.05) is 40.2 Å². The van der Waals surface area contributed by atoms with Crippen LogP contribution >= 0.6 is 15.9 Å². The van der Waals surface area contributed by atoms with Gasteiger partial charge in [-0.05, 0) is 24.3 Å². The number of fused-ring (bicyclic) bond motifs is 1. The van der Waals surface area contributed by atoms with Gasteiger partial charge in [-0.3, -0.25) is 14.5 Å². The second-order valence-electron chi connectivity index (χ2n) is 4.88. The molecule has 0 saturated carbocycles. The molecular formula is C16H12BrNO3. The second-order valence-corrected chi connectivity index (χ2v) is 5.80. The van der Waals surface area contributed by atoms with E-state index in [9.17, 15) is 14.7 Å². The van der Waals surface area contributed by atoms with Crippen molar-refractivity contribution >= 4 is 33.3 Å². The molecule has 1 N–H and O–H groups in total. The van der Waals surface area contributed by atoms with Crippen molar-refractivity contribution < 1.29 is 14.7 Å². The van der Waals surface area contributed by atoms with E-state index in [1.807, 2.05) is 0 Å². The van der Waals surface area contributed by atoms with Gasteiger partial charge in [0.2, 0.25) is 17.4 Å². The molecule has 4 nitrogen and oxygen atoms in total. The number of ketones is 1. The number of aliphatic hydroxyl groups is 1. The molecule has 0 spiro atoms. The van der Waals surface area contributed by atoms with Gasteiger partial charge in [0, 0.05) is 22.5 Å². The molecular weight excluding hydrogens is 334 g/mol. The third kappa shape index (κ3) is 1.92. The standard InChI is InChI=1S/C16H12BrNO3/c1-10(19)18-14-5-3-2-4-13(14)15(20)16(18,21)11-6-8-12(17)9-7-11/h2-9,21H,1H3. The number of carbonyl (C=O) groups is 2. The number of amides is 1. The Morgan fingerprint density at radius 2 is 1.76 bits per heavy atom. The Kier molecular flexibility index (Phi) is 3.19. The van der Waals surface area contributed by atoms with Crippen molar-refractivity contribution in [2.24, 2.45) is 0 Å². The highest BCUT2D eigenvalue weighted by atomic mass is 79.9. The van der Waals surface area contributed by atoms with Crippen LogP contribution < -0.4 is 4.90 Å². The van der Waals surface area contributed by atoms with Crippen LogP contribution in [0, 0.1) is 0 Å². The molecule has 1 aliphatic heterocycles. The summed E-state index contributed by atoms with van der Waals surface area (Å²) in [7, 11) is 0. The van der Waals surface area contributed by atoms with Crippen LogP contribution in [-0.2, 0) is 10.5 Å². The zero-order chi connectivity index (χ0) is 15.2. The number of para-hydroxylation sites is 1.